The van der Waals surface area contributed by atoms with E-state index in [1.807, 2.05) is 48.5 Å². The lowest BCUT2D eigenvalue weighted by molar-refractivity contribution is 0.590. The summed E-state index contributed by atoms with van der Waals surface area (Å²) in [6.07, 6.45) is 3.68. The summed E-state index contributed by atoms with van der Waals surface area (Å²) in [6, 6.07) is 17.1. The first-order valence-electron chi connectivity index (χ1n) is 5.89. The van der Waals surface area contributed by atoms with Crippen molar-refractivity contribution >= 4 is 23.3 Å². The summed E-state index contributed by atoms with van der Waals surface area (Å²) in [6.45, 7) is 0. The SMILES string of the molecule is N#Cc1cccc(C=Cc2nc3ccccc3o2)c1. The van der Waals surface area contributed by atoms with Crippen LogP contribution in [0.5, 0.6) is 0 Å². The van der Waals surface area contributed by atoms with Crippen molar-refractivity contribution in [2.24, 2.45) is 0 Å². The van der Waals surface area contributed by atoms with E-state index in [4.69, 9.17) is 9.68 Å². The molecule has 3 nitrogen and oxygen atoms in total. The minimum Gasteiger partial charge on any atom is -0.437 e. The van der Waals surface area contributed by atoms with Gasteiger partial charge in [-0.15, -0.1) is 0 Å². The van der Waals surface area contributed by atoms with E-state index in [0.29, 0.717) is 11.5 Å². The zero-order valence-corrected chi connectivity index (χ0v) is 10.1. The molecule has 0 aliphatic rings. The van der Waals surface area contributed by atoms with Crippen molar-refractivity contribution in [3.63, 3.8) is 0 Å². The number of oxazole rings is 1. The Balaban J connectivity index is 1.91. The molecule has 90 valence electrons. The maximum absolute atomic E-state index is 8.84. The average molecular weight is 246 g/mol. The van der Waals surface area contributed by atoms with E-state index < -0.39 is 0 Å². The van der Waals surface area contributed by atoms with Gasteiger partial charge in [0.2, 0.25) is 5.89 Å². The maximum Gasteiger partial charge on any atom is 0.220 e. The van der Waals surface area contributed by atoms with Gasteiger partial charge in [0, 0.05) is 6.08 Å². The number of nitriles is 1. The van der Waals surface area contributed by atoms with Gasteiger partial charge < -0.3 is 4.42 Å². The van der Waals surface area contributed by atoms with Gasteiger partial charge in [0.25, 0.3) is 0 Å². The molecule has 0 aliphatic heterocycles. The van der Waals surface area contributed by atoms with Crippen LogP contribution in [0, 0.1) is 11.3 Å². The standard InChI is InChI=1S/C16H10N2O/c17-11-13-5-3-4-12(10-13)8-9-16-18-14-6-1-2-7-15(14)19-16/h1-10H. The van der Waals surface area contributed by atoms with Crippen LogP contribution < -0.4 is 0 Å². The minimum absolute atomic E-state index is 0.559. The zero-order valence-electron chi connectivity index (χ0n) is 10.1. The Labute approximate surface area is 110 Å². The van der Waals surface area contributed by atoms with Gasteiger partial charge >= 0.3 is 0 Å². The summed E-state index contributed by atoms with van der Waals surface area (Å²) >= 11 is 0. The van der Waals surface area contributed by atoms with E-state index >= 15 is 0 Å². The molecule has 0 bridgehead atoms. The van der Waals surface area contributed by atoms with E-state index in [1.54, 1.807) is 12.1 Å². The monoisotopic (exact) mass is 246 g/mol. The van der Waals surface area contributed by atoms with Crippen molar-refractivity contribution in [3.8, 4) is 6.07 Å². The second-order valence-electron chi connectivity index (χ2n) is 4.09. The molecule has 0 N–H and O–H groups in total. The van der Waals surface area contributed by atoms with Crippen LogP contribution in [-0.4, -0.2) is 4.98 Å². The number of rotatable bonds is 2. The van der Waals surface area contributed by atoms with Gasteiger partial charge in [0.1, 0.15) is 5.52 Å². The predicted octanol–water partition coefficient (Wildman–Crippen LogP) is 3.87. The zero-order chi connectivity index (χ0) is 13.1. The van der Waals surface area contributed by atoms with Gasteiger partial charge in [0.15, 0.2) is 5.58 Å². The summed E-state index contributed by atoms with van der Waals surface area (Å²) in [7, 11) is 0. The van der Waals surface area contributed by atoms with Crippen LogP contribution in [-0.2, 0) is 0 Å². The lowest BCUT2D eigenvalue weighted by Gasteiger charge is -1.92. The molecule has 19 heavy (non-hydrogen) atoms. The maximum atomic E-state index is 8.84. The predicted molar refractivity (Wildman–Crippen MR) is 74.1 cm³/mol. The number of hydrogen-bond acceptors (Lipinski definition) is 3. The van der Waals surface area contributed by atoms with Crippen LogP contribution in [0.15, 0.2) is 52.9 Å². The van der Waals surface area contributed by atoms with Gasteiger partial charge in [-0.2, -0.15) is 5.26 Å². The van der Waals surface area contributed by atoms with Crippen molar-refractivity contribution in [2.45, 2.75) is 0 Å². The normalized spacial score (nSPS) is 10.9. The van der Waals surface area contributed by atoms with E-state index in [2.05, 4.69) is 11.1 Å². The molecule has 0 unspecified atom stereocenters. The molecular formula is C16H10N2O. The van der Waals surface area contributed by atoms with Crippen molar-refractivity contribution in [2.75, 3.05) is 0 Å². The summed E-state index contributed by atoms with van der Waals surface area (Å²) in [5, 5.41) is 8.84. The van der Waals surface area contributed by atoms with Gasteiger partial charge in [-0.05, 0) is 35.9 Å². The average Bonchev–Trinajstić information content (AvgIpc) is 2.88. The highest BCUT2D eigenvalue weighted by atomic mass is 16.3. The first kappa shape index (κ1) is 11.2. The van der Waals surface area contributed by atoms with Gasteiger partial charge in [-0.25, -0.2) is 4.98 Å². The molecule has 0 saturated carbocycles. The van der Waals surface area contributed by atoms with Crippen LogP contribution in [0.4, 0.5) is 0 Å². The largest absolute Gasteiger partial charge is 0.437 e. The summed E-state index contributed by atoms with van der Waals surface area (Å²) in [5.41, 5.74) is 3.20. The van der Waals surface area contributed by atoms with Crippen molar-refractivity contribution < 1.29 is 4.42 Å². The number of fused-ring (bicyclic) bond motifs is 1. The highest BCUT2D eigenvalue weighted by Crippen LogP contribution is 2.16. The number of nitrogens with zero attached hydrogens (tertiary/aromatic N) is 2. The number of para-hydroxylation sites is 2. The van der Waals surface area contributed by atoms with Crippen molar-refractivity contribution in [1.29, 1.82) is 5.26 Å². The fraction of sp³-hybridized carbons (Fsp3) is 0. The molecule has 0 spiro atoms. The van der Waals surface area contributed by atoms with Crippen molar-refractivity contribution in [1.82, 2.24) is 4.98 Å². The molecule has 0 atom stereocenters. The molecule has 0 radical (unpaired) electrons. The summed E-state index contributed by atoms with van der Waals surface area (Å²) < 4.78 is 5.58. The quantitative estimate of drug-likeness (QED) is 0.689. The Morgan fingerprint density at radius 3 is 2.79 bits per heavy atom. The fourth-order valence-electron chi connectivity index (χ4n) is 1.84. The van der Waals surface area contributed by atoms with E-state index in [9.17, 15) is 0 Å². The molecule has 0 amide bonds. The first-order chi connectivity index (χ1) is 9.35. The van der Waals surface area contributed by atoms with E-state index in [-0.39, 0.29) is 0 Å². The van der Waals surface area contributed by atoms with Gasteiger partial charge in [-0.3, -0.25) is 0 Å². The lowest BCUT2D eigenvalue weighted by atomic mass is 10.1. The lowest BCUT2D eigenvalue weighted by Crippen LogP contribution is -1.76. The molecule has 0 aliphatic carbocycles. The Kier molecular flexibility index (Phi) is 2.83. The highest BCUT2D eigenvalue weighted by Gasteiger charge is 2.00. The van der Waals surface area contributed by atoms with Crippen LogP contribution in [0.2, 0.25) is 0 Å². The Morgan fingerprint density at radius 2 is 1.95 bits per heavy atom. The summed E-state index contributed by atoms with van der Waals surface area (Å²) in [4.78, 5) is 4.35. The summed E-state index contributed by atoms with van der Waals surface area (Å²) in [5.74, 6) is 0.559. The smallest absolute Gasteiger partial charge is 0.220 e. The first-order valence-corrected chi connectivity index (χ1v) is 5.89. The molecule has 1 aromatic heterocycles. The highest BCUT2D eigenvalue weighted by molar-refractivity contribution is 5.76. The van der Waals surface area contributed by atoms with E-state index in [1.165, 1.54) is 0 Å². The number of aromatic nitrogens is 1. The van der Waals surface area contributed by atoms with Gasteiger partial charge in [0.05, 0.1) is 11.6 Å². The third kappa shape index (κ3) is 2.38. The molecule has 1 heterocycles. The van der Waals surface area contributed by atoms with Crippen LogP contribution in [0.1, 0.15) is 17.0 Å². The molecule has 0 saturated heterocycles. The molecule has 2 aromatic carbocycles. The van der Waals surface area contributed by atoms with Crippen LogP contribution >= 0.6 is 0 Å². The second-order valence-corrected chi connectivity index (χ2v) is 4.09. The minimum atomic E-state index is 0.559. The third-order valence-electron chi connectivity index (χ3n) is 2.74. The fourth-order valence-corrected chi connectivity index (χ4v) is 1.84. The number of hydrogen-bond donors (Lipinski definition) is 0. The Hall–Kier alpha value is -2.86. The molecule has 3 rings (SSSR count). The van der Waals surface area contributed by atoms with Gasteiger partial charge in [-0.1, -0.05) is 24.3 Å². The molecule has 3 aromatic rings. The molecular weight excluding hydrogens is 236 g/mol. The molecule has 3 heteroatoms. The Morgan fingerprint density at radius 1 is 1.05 bits per heavy atom. The van der Waals surface area contributed by atoms with Crippen molar-refractivity contribution in [3.05, 3.63) is 65.5 Å². The Bertz CT molecular complexity index is 761. The second kappa shape index (κ2) is 4.79. The number of benzene rings is 2. The van der Waals surface area contributed by atoms with Crippen LogP contribution in [0.3, 0.4) is 0 Å². The van der Waals surface area contributed by atoms with E-state index in [0.717, 1.165) is 16.7 Å². The molecule has 0 fully saturated rings. The topological polar surface area (TPSA) is 49.8 Å². The van der Waals surface area contributed by atoms with Crippen LogP contribution in [0.25, 0.3) is 23.3 Å². The third-order valence-corrected chi connectivity index (χ3v) is 2.74.